The Balaban J connectivity index is 1.94. The number of halogens is 1. The van der Waals surface area contributed by atoms with Gasteiger partial charge in [0.25, 0.3) is 5.91 Å². The number of likely N-dealkylation sites (tertiary alicyclic amines) is 1. The Morgan fingerprint density at radius 1 is 1.37 bits per heavy atom. The predicted octanol–water partition coefficient (Wildman–Crippen LogP) is 2.96. The molecule has 0 aliphatic carbocycles. The highest BCUT2D eigenvalue weighted by molar-refractivity contribution is 6.30. The van der Waals surface area contributed by atoms with Crippen molar-refractivity contribution in [2.75, 3.05) is 13.1 Å². The summed E-state index contributed by atoms with van der Waals surface area (Å²) < 4.78 is 0. The maximum atomic E-state index is 12.3. The monoisotopic (exact) mass is 281 g/mol. The van der Waals surface area contributed by atoms with E-state index >= 15 is 0 Å². The zero-order chi connectivity index (χ0) is 13.8. The number of aliphatic hydroxyl groups is 1. The van der Waals surface area contributed by atoms with Crippen LogP contribution in [0.25, 0.3) is 0 Å². The Labute approximate surface area is 119 Å². The molecule has 0 bridgehead atoms. The molecule has 104 valence electrons. The van der Waals surface area contributed by atoms with Crippen LogP contribution in [0.15, 0.2) is 24.3 Å². The summed E-state index contributed by atoms with van der Waals surface area (Å²) in [7, 11) is 0. The molecule has 19 heavy (non-hydrogen) atoms. The van der Waals surface area contributed by atoms with Gasteiger partial charge in [-0.15, -0.1) is 0 Å². The van der Waals surface area contributed by atoms with Gasteiger partial charge in [0, 0.05) is 23.7 Å². The van der Waals surface area contributed by atoms with E-state index in [1.807, 2.05) is 11.8 Å². The second kappa shape index (κ2) is 6.40. The third kappa shape index (κ3) is 3.48. The minimum absolute atomic E-state index is 0.0566. The highest BCUT2D eigenvalue weighted by atomic mass is 35.5. The fourth-order valence-corrected chi connectivity index (χ4v) is 2.72. The number of carbonyl (C=O) groups excluding carboxylic acids is 1. The van der Waals surface area contributed by atoms with E-state index in [-0.39, 0.29) is 12.0 Å². The molecular weight excluding hydrogens is 262 g/mol. The SMILES string of the molecule is CCC(O)C1CCN(C(=O)c2ccc(Cl)cc2)CC1. The maximum Gasteiger partial charge on any atom is 0.253 e. The Hall–Kier alpha value is -1.06. The molecule has 4 heteroatoms. The molecule has 1 heterocycles. The van der Waals surface area contributed by atoms with Crippen LogP contribution in [0.5, 0.6) is 0 Å². The van der Waals surface area contributed by atoms with Gasteiger partial charge in [0.05, 0.1) is 6.10 Å². The first-order valence-electron chi connectivity index (χ1n) is 6.84. The summed E-state index contributed by atoms with van der Waals surface area (Å²) in [6, 6.07) is 7.00. The lowest BCUT2D eigenvalue weighted by molar-refractivity contribution is 0.0454. The number of nitrogens with zero attached hydrogens (tertiary/aromatic N) is 1. The molecule has 1 aromatic rings. The van der Waals surface area contributed by atoms with Crippen LogP contribution in [0, 0.1) is 5.92 Å². The van der Waals surface area contributed by atoms with Crippen LogP contribution in [-0.4, -0.2) is 35.1 Å². The number of piperidine rings is 1. The van der Waals surface area contributed by atoms with E-state index < -0.39 is 0 Å². The molecule has 0 aromatic heterocycles. The molecule has 1 saturated heterocycles. The standard InChI is InChI=1S/C15H20ClNO2/c1-2-14(18)11-7-9-17(10-8-11)15(19)12-3-5-13(16)6-4-12/h3-6,11,14,18H,2,7-10H2,1H3. The first-order chi connectivity index (χ1) is 9.11. The molecule has 0 saturated carbocycles. The van der Waals surface area contributed by atoms with E-state index in [1.165, 1.54) is 0 Å². The van der Waals surface area contributed by atoms with Crippen molar-refractivity contribution in [3.05, 3.63) is 34.9 Å². The first kappa shape index (κ1) is 14.4. The molecule has 1 atom stereocenters. The van der Waals surface area contributed by atoms with Crippen molar-refractivity contribution in [3.63, 3.8) is 0 Å². The number of aliphatic hydroxyl groups excluding tert-OH is 1. The van der Waals surface area contributed by atoms with Gasteiger partial charge < -0.3 is 10.0 Å². The summed E-state index contributed by atoms with van der Waals surface area (Å²) in [5, 5.41) is 10.5. The van der Waals surface area contributed by atoms with E-state index in [0.717, 1.165) is 32.4 Å². The van der Waals surface area contributed by atoms with Crippen molar-refractivity contribution >= 4 is 17.5 Å². The summed E-state index contributed by atoms with van der Waals surface area (Å²) in [5.41, 5.74) is 0.680. The molecular formula is C15H20ClNO2. The van der Waals surface area contributed by atoms with Crippen LogP contribution in [0.1, 0.15) is 36.5 Å². The van der Waals surface area contributed by atoms with Crippen molar-refractivity contribution in [3.8, 4) is 0 Å². The van der Waals surface area contributed by atoms with E-state index in [2.05, 4.69) is 0 Å². The molecule has 1 fully saturated rings. The summed E-state index contributed by atoms with van der Waals surface area (Å²) in [4.78, 5) is 14.1. The molecule has 0 radical (unpaired) electrons. The fourth-order valence-electron chi connectivity index (χ4n) is 2.60. The highest BCUT2D eigenvalue weighted by Crippen LogP contribution is 2.23. The number of hydrogen-bond acceptors (Lipinski definition) is 2. The van der Waals surface area contributed by atoms with E-state index in [9.17, 15) is 9.90 Å². The quantitative estimate of drug-likeness (QED) is 0.925. The van der Waals surface area contributed by atoms with Crippen LogP contribution < -0.4 is 0 Å². The second-order valence-electron chi connectivity index (χ2n) is 5.11. The van der Waals surface area contributed by atoms with Crippen molar-refractivity contribution in [2.24, 2.45) is 5.92 Å². The minimum atomic E-state index is -0.229. The molecule has 1 aliphatic heterocycles. The molecule has 1 aliphatic rings. The van der Waals surface area contributed by atoms with Gasteiger partial charge in [-0.05, 0) is 49.4 Å². The Kier molecular flexibility index (Phi) is 4.83. The van der Waals surface area contributed by atoms with Crippen LogP contribution in [0.4, 0.5) is 0 Å². The summed E-state index contributed by atoms with van der Waals surface area (Å²) in [5.74, 6) is 0.389. The van der Waals surface area contributed by atoms with Crippen LogP contribution >= 0.6 is 11.6 Å². The van der Waals surface area contributed by atoms with Gasteiger partial charge in [-0.2, -0.15) is 0 Å². The lowest BCUT2D eigenvalue weighted by Gasteiger charge is -2.34. The van der Waals surface area contributed by atoms with Crippen molar-refractivity contribution in [1.29, 1.82) is 0 Å². The number of amides is 1. The van der Waals surface area contributed by atoms with Gasteiger partial charge in [0.2, 0.25) is 0 Å². The van der Waals surface area contributed by atoms with E-state index in [1.54, 1.807) is 24.3 Å². The molecule has 1 amide bonds. The van der Waals surface area contributed by atoms with Gasteiger partial charge in [-0.3, -0.25) is 4.79 Å². The largest absolute Gasteiger partial charge is 0.393 e. The van der Waals surface area contributed by atoms with Crippen LogP contribution in [-0.2, 0) is 0 Å². The van der Waals surface area contributed by atoms with Gasteiger partial charge >= 0.3 is 0 Å². The van der Waals surface area contributed by atoms with Crippen LogP contribution in [0.2, 0.25) is 5.02 Å². The zero-order valence-electron chi connectivity index (χ0n) is 11.2. The minimum Gasteiger partial charge on any atom is -0.393 e. The lowest BCUT2D eigenvalue weighted by Crippen LogP contribution is -2.41. The summed E-state index contributed by atoms with van der Waals surface area (Å²) >= 11 is 5.82. The average Bonchev–Trinajstić information content (AvgIpc) is 2.46. The number of carbonyl (C=O) groups is 1. The van der Waals surface area contributed by atoms with Gasteiger partial charge in [0.1, 0.15) is 0 Å². The lowest BCUT2D eigenvalue weighted by atomic mass is 9.90. The molecule has 2 rings (SSSR count). The smallest absolute Gasteiger partial charge is 0.253 e. The van der Waals surface area contributed by atoms with E-state index in [0.29, 0.717) is 16.5 Å². The number of benzene rings is 1. The third-order valence-electron chi connectivity index (χ3n) is 3.88. The topological polar surface area (TPSA) is 40.5 Å². The number of hydrogen-bond donors (Lipinski definition) is 1. The normalized spacial score (nSPS) is 18.4. The van der Waals surface area contributed by atoms with Crippen molar-refractivity contribution < 1.29 is 9.90 Å². The molecule has 1 aromatic carbocycles. The molecule has 1 N–H and O–H groups in total. The second-order valence-corrected chi connectivity index (χ2v) is 5.55. The van der Waals surface area contributed by atoms with Crippen LogP contribution in [0.3, 0.4) is 0 Å². The average molecular weight is 282 g/mol. The summed E-state index contributed by atoms with van der Waals surface area (Å²) in [6.45, 7) is 3.45. The fraction of sp³-hybridized carbons (Fsp3) is 0.533. The first-order valence-corrected chi connectivity index (χ1v) is 7.22. The Morgan fingerprint density at radius 3 is 2.47 bits per heavy atom. The van der Waals surface area contributed by atoms with Gasteiger partial charge in [-0.25, -0.2) is 0 Å². The van der Waals surface area contributed by atoms with Crippen molar-refractivity contribution in [2.45, 2.75) is 32.3 Å². The highest BCUT2D eigenvalue weighted by Gasteiger charge is 2.26. The summed E-state index contributed by atoms with van der Waals surface area (Å²) in [6.07, 6.45) is 2.33. The Bertz CT molecular complexity index is 424. The van der Waals surface area contributed by atoms with Gasteiger partial charge in [-0.1, -0.05) is 18.5 Å². The predicted molar refractivity (Wildman–Crippen MR) is 76.4 cm³/mol. The molecule has 0 spiro atoms. The maximum absolute atomic E-state index is 12.3. The van der Waals surface area contributed by atoms with E-state index in [4.69, 9.17) is 11.6 Å². The van der Waals surface area contributed by atoms with Crippen molar-refractivity contribution in [1.82, 2.24) is 4.90 Å². The molecule has 3 nitrogen and oxygen atoms in total. The zero-order valence-corrected chi connectivity index (χ0v) is 11.9. The molecule has 1 unspecified atom stereocenters. The Morgan fingerprint density at radius 2 is 1.95 bits per heavy atom. The van der Waals surface area contributed by atoms with Gasteiger partial charge in [0.15, 0.2) is 0 Å². The number of rotatable bonds is 3. The third-order valence-corrected chi connectivity index (χ3v) is 4.13.